The fourth-order valence-corrected chi connectivity index (χ4v) is 2.49. The number of fused-ring (bicyclic) bond motifs is 2. The molecule has 1 aliphatic heterocycles. The van der Waals surface area contributed by atoms with Crippen molar-refractivity contribution < 1.29 is 5.11 Å². The number of aromatic amines is 1. The van der Waals surface area contributed by atoms with Gasteiger partial charge in [-0.25, -0.2) is 0 Å². The first-order valence-electron chi connectivity index (χ1n) is 4.29. The number of nitrogens with one attached hydrogen (secondary N) is 2. The van der Waals surface area contributed by atoms with Crippen molar-refractivity contribution in [2.24, 2.45) is 0 Å². The molecule has 0 fully saturated rings. The minimum atomic E-state index is 0.197. The maximum atomic E-state index is 9.29. The molecular weight excluding hydrogens is 196 g/mol. The molecular formula is C10H8N2OS. The van der Waals surface area contributed by atoms with E-state index in [1.807, 2.05) is 18.2 Å². The quantitative estimate of drug-likeness (QED) is 0.527. The molecule has 70 valence electrons. The van der Waals surface area contributed by atoms with Crippen molar-refractivity contribution in [1.82, 2.24) is 4.98 Å². The van der Waals surface area contributed by atoms with E-state index in [1.54, 1.807) is 17.8 Å². The van der Waals surface area contributed by atoms with Crippen molar-refractivity contribution in [2.75, 3.05) is 5.32 Å². The average molecular weight is 204 g/mol. The lowest BCUT2D eigenvalue weighted by Crippen LogP contribution is -1.97. The summed E-state index contributed by atoms with van der Waals surface area (Å²) in [7, 11) is 0. The Labute approximate surface area is 85.2 Å². The number of anilines is 2. The predicted molar refractivity (Wildman–Crippen MR) is 56.3 cm³/mol. The van der Waals surface area contributed by atoms with E-state index in [1.165, 1.54) is 4.90 Å². The monoisotopic (exact) mass is 204 g/mol. The zero-order valence-corrected chi connectivity index (χ0v) is 8.06. The summed E-state index contributed by atoms with van der Waals surface area (Å²) in [5, 5.41) is 12.5. The highest BCUT2D eigenvalue weighted by molar-refractivity contribution is 7.99. The Morgan fingerprint density at radius 3 is 2.93 bits per heavy atom. The molecule has 0 bridgehead atoms. The summed E-state index contributed by atoms with van der Waals surface area (Å²) in [6, 6.07) is 9.79. The summed E-state index contributed by atoms with van der Waals surface area (Å²) in [5.74, 6) is 1.06. The molecule has 4 heteroatoms. The van der Waals surface area contributed by atoms with E-state index in [0.717, 1.165) is 16.4 Å². The van der Waals surface area contributed by atoms with Crippen LogP contribution >= 0.6 is 11.8 Å². The zero-order valence-electron chi connectivity index (χ0n) is 7.24. The molecule has 1 aromatic carbocycles. The van der Waals surface area contributed by atoms with Gasteiger partial charge in [-0.15, -0.1) is 0 Å². The summed E-state index contributed by atoms with van der Waals surface area (Å²) in [6.07, 6.45) is 0. The summed E-state index contributed by atoms with van der Waals surface area (Å²) >= 11 is 1.65. The molecule has 1 aliphatic rings. The molecule has 0 saturated heterocycles. The van der Waals surface area contributed by atoms with Crippen molar-refractivity contribution in [3.8, 4) is 5.88 Å². The highest BCUT2D eigenvalue weighted by atomic mass is 32.2. The molecule has 0 aliphatic carbocycles. The van der Waals surface area contributed by atoms with Crippen molar-refractivity contribution in [1.29, 1.82) is 0 Å². The Kier molecular flexibility index (Phi) is 1.52. The van der Waals surface area contributed by atoms with Crippen LogP contribution < -0.4 is 5.32 Å². The average Bonchev–Trinajstić information content (AvgIpc) is 2.53. The Hall–Kier alpha value is -1.55. The van der Waals surface area contributed by atoms with Gasteiger partial charge < -0.3 is 15.4 Å². The van der Waals surface area contributed by atoms with E-state index in [-0.39, 0.29) is 5.88 Å². The Bertz CT molecular complexity index is 450. The van der Waals surface area contributed by atoms with Crippen molar-refractivity contribution in [3.05, 3.63) is 30.3 Å². The van der Waals surface area contributed by atoms with E-state index in [4.69, 9.17) is 0 Å². The van der Waals surface area contributed by atoms with Gasteiger partial charge in [0.15, 0.2) is 5.88 Å². The lowest BCUT2D eigenvalue weighted by Gasteiger charge is -2.16. The lowest BCUT2D eigenvalue weighted by atomic mass is 10.3. The summed E-state index contributed by atoms with van der Waals surface area (Å²) in [6.45, 7) is 0. The SMILES string of the molecule is Oc1cc2c([nH]1)Nc1ccccc1S2. The summed E-state index contributed by atoms with van der Waals surface area (Å²) in [5.41, 5.74) is 1.08. The summed E-state index contributed by atoms with van der Waals surface area (Å²) in [4.78, 5) is 5.07. The fraction of sp³-hybridized carbons (Fsp3) is 0. The molecule has 2 heterocycles. The molecule has 2 aromatic rings. The van der Waals surface area contributed by atoms with E-state index < -0.39 is 0 Å². The van der Waals surface area contributed by atoms with Crippen LogP contribution in [0.15, 0.2) is 40.1 Å². The molecule has 1 aromatic heterocycles. The second-order valence-electron chi connectivity index (χ2n) is 3.12. The van der Waals surface area contributed by atoms with Gasteiger partial charge in [0.05, 0.1) is 10.6 Å². The molecule has 3 rings (SSSR count). The van der Waals surface area contributed by atoms with Crippen LogP contribution in [0.4, 0.5) is 11.5 Å². The van der Waals surface area contributed by atoms with Crippen LogP contribution in [0.25, 0.3) is 0 Å². The van der Waals surface area contributed by atoms with Gasteiger partial charge in [-0.1, -0.05) is 23.9 Å². The smallest absolute Gasteiger partial charge is 0.191 e. The molecule has 3 nitrogen and oxygen atoms in total. The zero-order chi connectivity index (χ0) is 9.54. The van der Waals surface area contributed by atoms with Crippen molar-refractivity contribution in [3.63, 3.8) is 0 Å². The minimum absolute atomic E-state index is 0.197. The highest BCUT2D eigenvalue weighted by Gasteiger charge is 2.17. The maximum absolute atomic E-state index is 9.29. The predicted octanol–water partition coefficient (Wildman–Crippen LogP) is 2.93. The number of aromatic nitrogens is 1. The van der Waals surface area contributed by atoms with E-state index in [2.05, 4.69) is 16.4 Å². The van der Waals surface area contributed by atoms with E-state index in [0.29, 0.717) is 0 Å². The van der Waals surface area contributed by atoms with Gasteiger partial charge in [-0.05, 0) is 12.1 Å². The number of aromatic hydroxyl groups is 1. The van der Waals surface area contributed by atoms with E-state index >= 15 is 0 Å². The Morgan fingerprint density at radius 1 is 1.14 bits per heavy atom. The highest BCUT2D eigenvalue weighted by Crippen LogP contribution is 2.44. The first kappa shape index (κ1) is 7.82. The maximum Gasteiger partial charge on any atom is 0.191 e. The van der Waals surface area contributed by atoms with Crippen LogP contribution in [0.3, 0.4) is 0 Å². The topological polar surface area (TPSA) is 48.0 Å². The summed E-state index contributed by atoms with van der Waals surface area (Å²) < 4.78 is 0. The second-order valence-corrected chi connectivity index (χ2v) is 4.20. The van der Waals surface area contributed by atoms with Crippen molar-refractivity contribution in [2.45, 2.75) is 9.79 Å². The molecule has 0 spiro atoms. The number of H-pyrrole nitrogens is 1. The second kappa shape index (κ2) is 2.72. The van der Waals surface area contributed by atoms with Crippen LogP contribution in [0.5, 0.6) is 5.88 Å². The number of benzene rings is 1. The first-order valence-corrected chi connectivity index (χ1v) is 5.10. The lowest BCUT2D eigenvalue weighted by molar-refractivity contribution is 0.457. The normalized spacial score (nSPS) is 12.9. The largest absolute Gasteiger partial charge is 0.495 e. The molecule has 0 unspecified atom stereocenters. The molecule has 0 atom stereocenters. The van der Waals surface area contributed by atoms with Crippen LogP contribution in [0.2, 0.25) is 0 Å². The van der Waals surface area contributed by atoms with Gasteiger partial charge in [0.25, 0.3) is 0 Å². The standard InChI is InChI=1S/C10H8N2OS/c13-9-5-8-10(12-9)11-6-3-1-2-4-7(6)14-8/h1-5,11-13H. The van der Waals surface area contributed by atoms with Gasteiger partial charge in [0.1, 0.15) is 5.82 Å². The number of rotatable bonds is 0. The van der Waals surface area contributed by atoms with Gasteiger partial charge in [0, 0.05) is 11.0 Å². The number of hydrogen-bond donors (Lipinski definition) is 3. The van der Waals surface area contributed by atoms with E-state index in [9.17, 15) is 5.11 Å². The van der Waals surface area contributed by atoms with Crippen LogP contribution in [0.1, 0.15) is 0 Å². The van der Waals surface area contributed by atoms with Gasteiger partial charge in [0.2, 0.25) is 0 Å². The molecule has 0 radical (unpaired) electrons. The first-order chi connectivity index (χ1) is 6.83. The molecule has 0 amide bonds. The van der Waals surface area contributed by atoms with Crippen LogP contribution in [-0.2, 0) is 0 Å². The number of para-hydroxylation sites is 1. The third-order valence-electron chi connectivity index (χ3n) is 2.13. The van der Waals surface area contributed by atoms with Gasteiger partial charge in [-0.3, -0.25) is 0 Å². The van der Waals surface area contributed by atoms with Crippen LogP contribution in [0, 0.1) is 0 Å². The van der Waals surface area contributed by atoms with Gasteiger partial charge in [-0.2, -0.15) is 0 Å². The third-order valence-corrected chi connectivity index (χ3v) is 3.25. The fourth-order valence-electron chi connectivity index (χ4n) is 1.51. The molecule has 3 N–H and O–H groups in total. The Morgan fingerprint density at radius 2 is 2.00 bits per heavy atom. The van der Waals surface area contributed by atoms with Gasteiger partial charge >= 0.3 is 0 Å². The third kappa shape index (κ3) is 1.08. The molecule has 0 saturated carbocycles. The Balaban J connectivity index is 2.12. The van der Waals surface area contributed by atoms with Crippen LogP contribution in [-0.4, -0.2) is 10.1 Å². The minimum Gasteiger partial charge on any atom is -0.495 e. The van der Waals surface area contributed by atoms with Crippen molar-refractivity contribution >= 4 is 23.3 Å². The molecule has 14 heavy (non-hydrogen) atoms. The number of hydrogen-bond acceptors (Lipinski definition) is 3.